The molecule has 0 fully saturated rings. The fourth-order valence-electron chi connectivity index (χ4n) is 1.73. The van der Waals surface area contributed by atoms with Gasteiger partial charge in [0.15, 0.2) is 0 Å². The Labute approximate surface area is 119 Å². The van der Waals surface area contributed by atoms with E-state index >= 15 is 0 Å². The summed E-state index contributed by atoms with van der Waals surface area (Å²) in [6, 6.07) is 11.0. The Hall–Kier alpha value is -2.50. The molecular formula is C15H13F3N2O. The third-order valence-electron chi connectivity index (χ3n) is 2.91. The molecule has 0 aliphatic rings. The van der Waals surface area contributed by atoms with Gasteiger partial charge in [-0.05, 0) is 48.5 Å². The zero-order chi connectivity index (χ0) is 15.5. The Morgan fingerprint density at radius 2 is 1.43 bits per heavy atom. The van der Waals surface area contributed by atoms with Gasteiger partial charge in [0.05, 0.1) is 5.56 Å². The third-order valence-corrected chi connectivity index (χ3v) is 2.91. The molecule has 0 radical (unpaired) electrons. The number of rotatable bonds is 3. The first kappa shape index (κ1) is 14.9. The van der Waals surface area contributed by atoms with Crippen LogP contribution < -0.4 is 10.6 Å². The first-order valence-electron chi connectivity index (χ1n) is 6.16. The van der Waals surface area contributed by atoms with Crippen molar-refractivity contribution in [2.45, 2.75) is 6.18 Å². The van der Waals surface area contributed by atoms with Crippen molar-refractivity contribution in [2.24, 2.45) is 0 Å². The van der Waals surface area contributed by atoms with Crippen LogP contribution in [-0.2, 0) is 6.18 Å². The predicted molar refractivity (Wildman–Crippen MR) is 75.4 cm³/mol. The summed E-state index contributed by atoms with van der Waals surface area (Å²) >= 11 is 0. The summed E-state index contributed by atoms with van der Waals surface area (Å²) in [5.74, 6) is -0.377. The molecule has 21 heavy (non-hydrogen) atoms. The molecule has 3 nitrogen and oxygen atoms in total. The molecule has 0 aliphatic heterocycles. The van der Waals surface area contributed by atoms with E-state index in [2.05, 4.69) is 10.6 Å². The first-order valence-corrected chi connectivity index (χ1v) is 6.16. The van der Waals surface area contributed by atoms with Crippen molar-refractivity contribution < 1.29 is 18.0 Å². The number of nitrogens with one attached hydrogen (secondary N) is 2. The molecule has 1 amide bonds. The van der Waals surface area contributed by atoms with Crippen LogP contribution in [0.3, 0.4) is 0 Å². The zero-order valence-electron chi connectivity index (χ0n) is 11.2. The minimum absolute atomic E-state index is 0.311. The molecule has 6 heteroatoms. The highest BCUT2D eigenvalue weighted by Gasteiger charge is 2.29. The van der Waals surface area contributed by atoms with E-state index in [1.807, 2.05) is 0 Å². The standard InChI is InChI=1S/C15H13F3N2O/c1-19-12-6-2-10(3-7-12)14(21)20-13-8-4-11(5-9-13)15(16,17)18/h2-9,19H,1H3,(H,20,21). The lowest BCUT2D eigenvalue weighted by Crippen LogP contribution is -2.12. The van der Waals surface area contributed by atoms with E-state index in [4.69, 9.17) is 0 Å². The van der Waals surface area contributed by atoms with Crippen LogP contribution >= 0.6 is 0 Å². The van der Waals surface area contributed by atoms with Gasteiger partial charge in [-0.15, -0.1) is 0 Å². The van der Waals surface area contributed by atoms with Gasteiger partial charge in [-0.25, -0.2) is 0 Å². The maximum absolute atomic E-state index is 12.4. The zero-order valence-corrected chi connectivity index (χ0v) is 11.2. The Bertz CT molecular complexity index is 619. The fourth-order valence-corrected chi connectivity index (χ4v) is 1.73. The Morgan fingerprint density at radius 3 is 1.90 bits per heavy atom. The molecule has 110 valence electrons. The van der Waals surface area contributed by atoms with Crippen molar-refractivity contribution in [3.8, 4) is 0 Å². The molecule has 0 aromatic heterocycles. The minimum Gasteiger partial charge on any atom is -0.388 e. The highest BCUT2D eigenvalue weighted by molar-refractivity contribution is 6.04. The number of alkyl halides is 3. The SMILES string of the molecule is CNc1ccc(C(=O)Nc2ccc(C(F)(F)F)cc2)cc1. The van der Waals surface area contributed by atoms with E-state index in [-0.39, 0.29) is 5.91 Å². The Balaban J connectivity index is 2.08. The second-order valence-electron chi connectivity index (χ2n) is 4.36. The van der Waals surface area contributed by atoms with Crippen LogP contribution in [0.2, 0.25) is 0 Å². The maximum atomic E-state index is 12.4. The molecular weight excluding hydrogens is 281 g/mol. The van der Waals surface area contributed by atoms with Crippen molar-refractivity contribution in [1.29, 1.82) is 0 Å². The topological polar surface area (TPSA) is 41.1 Å². The van der Waals surface area contributed by atoms with E-state index in [0.29, 0.717) is 11.3 Å². The highest BCUT2D eigenvalue weighted by atomic mass is 19.4. The van der Waals surface area contributed by atoms with Gasteiger partial charge in [0.25, 0.3) is 5.91 Å². The lowest BCUT2D eigenvalue weighted by atomic mass is 10.1. The summed E-state index contributed by atoms with van der Waals surface area (Å²) in [5.41, 5.74) is 0.847. The first-order chi connectivity index (χ1) is 9.90. The molecule has 0 saturated heterocycles. The largest absolute Gasteiger partial charge is 0.416 e. The number of hydrogen-bond acceptors (Lipinski definition) is 2. The summed E-state index contributed by atoms with van der Waals surface area (Å²) in [5, 5.41) is 5.47. The summed E-state index contributed by atoms with van der Waals surface area (Å²) in [4.78, 5) is 11.9. The summed E-state index contributed by atoms with van der Waals surface area (Å²) in [7, 11) is 1.76. The van der Waals surface area contributed by atoms with E-state index < -0.39 is 11.7 Å². The molecule has 2 N–H and O–H groups in total. The normalized spacial score (nSPS) is 11.0. The van der Waals surface area contributed by atoms with Crippen LogP contribution in [0.1, 0.15) is 15.9 Å². The molecule has 2 aromatic rings. The lowest BCUT2D eigenvalue weighted by molar-refractivity contribution is -0.137. The van der Waals surface area contributed by atoms with E-state index in [1.54, 1.807) is 31.3 Å². The molecule has 0 unspecified atom stereocenters. The van der Waals surface area contributed by atoms with Gasteiger partial charge in [-0.1, -0.05) is 0 Å². The smallest absolute Gasteiger partial charge is 0.388 e. The van der Waals surface area contributed by atoms with Crippen molar-refractivity contribution in [3.05, 3.63) is 59.7 Å². The summed E-state index contributed by atoms with van der Waals surface area (Å²) < 4.78 is 37.3. The van der Waals surface area contributed by atoms with Crippen LogP contribution in [0.5, 0.6) is 0 Å². The van der Waals surface area contributed by atoms with Crippen LogP contribution in [0, 0.1) is 0 Å². The minimum atomic E-state index is -4.38. The highest BCUT2D eigenvalue weighted by Crippen LogP contribution is 2.29. The van der Waals surface area contributed by atoms with Crippen LogP contribution in [0.15, 0.2) is 48.5 Å². The third kappa shape index (κ3) is 3.75. The average Bonchev–Trinajstić information content (AvgIpc) is 2.47. The molecule has 0 aliphatic carbocycles. The predicted octanol–water partition coefficient (Wildman–Crippen LogP) is 4.00. The number of carbonyl (C=O) groups is 1. The van der Waals surface area contributed by atoms with Gasteiger partial charge >= 0.3 is 6.18 Å². The number of amides is 1. The Morgan fingerprint density at radius 1 is 0.905 bits per heavy atom. The van der Waals surface area contributed by atoms with Crippen LogP contribution in [0.25, 0.3) is 0 Å². The second-order valence-corrected chi connectivity index (χ2v) is 4.36. The number of benzene rings is 2. The quantitative estimate of drug-likeness (QED) is 0.898. The van der Waals surface area contributed by atoms with Crippen LogP contribution in [0.4, 0.5) is 24.5 Å². The number of carbonyl (C=O) groups excluding carboxylic acids is 1. The van der Waals surface area contributed by atoms with Gasteiger partial charge < -0.3 is 10.6 Å². The molecule has 2 rings (SSSR count). The van der Waals surface area contributed by atoms with Gasteiger partial charge in [-0.2, -0.15) is 13.2 Å². The molecule has 0 atom stereocenters. The lowest BCUT2D eigenvalue weighted by Gasteiger charge is -2.09. The number of anilines is 2. The van der Waals surface area contributed by atoms with Crippen LogP contribution in [-0.4, -0.2) is 13.0 Å². The molecule has 0 spiro atoms. The second kappa shape index (κ2) is 5.87. The van der Waals surface area contributed by atoms with Gasteiger partial charge in [0.1, 0.15) is 0 Å². The van der Waals surface area contributed by atoms with Gasteiger partial charge in [0, 0.05) is 24.0 Å². The monoisotopic (exact) mass is 294 g/mol. The van der Waals surface area contributed by atoms with E-state index in [1.165, 1.54) is 12.1 Å². The Kier molecular flexibility index (Phi) is 4.16. The molecule has 0 bridgehead atoms. The summed E-state index contributed by atoms with van der Waals surface area (Å²) in [6.07, 6.45) is -4.38. The van der Waals surface area contributed by atoms with Crippen molar-refractivity contribution >= 4 is 17.3 Å². The number of halogens is 3. The molecule has 0 saturated carbocycles. The molecule has 2 aromatic carbocycles. The van der Waals surface area contributed by atoms with Crippen molar-refractivity contribution in [2.75, 3.05) is 17.7 Å². The van der Waals surface area contributed by atoms with E-state index in [0.717, 1.165) is 17.8 Å². The fraction of sp³-hybridized carbons (Fsp3) is 0.133. The van der Waals surface area contributed by atoms with Crippen molar-refractivity contribution in [3.63, 3.8) is 0 Å². The maximum Gasteiger partial charge on any atom is 0.416 e. The van der Waals surface area contributed by atoms with Crippen molar-refractivity contribution in [1.82, 2.24) is 0 Å². The summed E-state index contributed by atoms with van der Waals surface area (Å²) in [6.45, 7) is 0. The van der Waals surface area contributed by atoms with Gasteiger partial charge in [-0.3, -0.25) is 4.79 Å². The van der Waals surface area contributed by atoms with E-state index in [9.17, 15) is 18.0 Å². The number of hydrogen-bond donors (Lipinski definition) is 2. The average molecular weight is 294 g/mol. The van der Waals surface area contributed by atoms with Gasteiger partial charge in [0.2, 0.25) is 0 Å². The molecule has 0 heterocycles.